The molecule has 2 saturated heterocycles. The molecule has 0 radical (unpaired) electrons. The fourth-order valence-electron chi connectivity index (χ4n) is 5.76. The lowest BCUT2D eigenvalue weighted by atomic mass is 9.78. The van der Waals surface area contributed by atoms with Crippen LogP contribution in [0.5, 0.6) is 0 Å². The molecule has 12 nitrogen and oxygen atoms in total. The van der Waals surface area contributed by atoms with Crippen LogP contribution in [0.3, 0.4) is 0 Å². The van der Waals surface area contributed by atoms with Crippen LogP contribution in [0.4, 0.5) is 10.8 Å². The third-order valence-electron chi connectivity index (χ3n) is 7.78. The number of fused-ring (bicyclic) bond motifs is 3. The number of aliphatic hydroxyl groups is 1. The van der Waals surface area contributed by atoms with Gasteiger partial charge in [0.1, 0.15) is 11.6 Å². The summed E-state index contributed by atoms with van der Waals surface area (Å²) in [6, 6.07) is 4.70. The summed E-state index contributed by atoms with van der Waals surface area (Å²) in [4.78, 5) is 30.2. The molecule has 1 saturated carbocycles. The van der Waals surface area contributed by atoms with E-state index in [0.29, 0.717) is 35.2 Å². The van der Waals surface area contributed by atoms with Gasteiger partial charge in [-0.1, -0.05) is 31.4 Å². The molecule has 3 heterocycles. The lowest BCUT2D eigenvalue weighted by Crippen LogP contribution is -2.52. The number of benzene rings is 1. The van der Waals surface area contributed by atoms with Crippen molar-refractivity contribution in [2.24, 2.45) is 11.8 Å². The molecule has 42 heavy (non-hydrogen) atoms. The van der Waals surface area contributed by atoms with E-state index in [4.69, 9.17) is 18.6 Å². The Morgan fingerprint density at radius 1 is 1.24 bits per heavy atom. The number of hydrogen-bond donors (Lipinski definition) is 5. The minimum Gasteiger partial charge on any atom is -0.443 e. The second kappa shape index (κ2) is 13.1. The Hall–Kier alpha value is -3.71. The number of aromatic nitrogens is 1. The van der Waals surface area contributed by atoms with Crippen molar-refractivity contribution in [3.8, 4) is 0 Å². The Kier molecular flexibility index (Phi) is 9.27. The molecule has 7 atom stereocenters. The molecule has 5 rings (SSSR count). The van der Waals surface area contributed by atoms with E-state index in [-0.39, 0.29) is 37.3 Å². The number of rotatable bonds is 13. The number of alkyl carbamates (subject to hydrolysis) is 1. The molecule has 3 fully saturated rings. The summed E-state index contributed by atoms with van der Waals surface area (Å²) in [5.74, 6) is 0.00578. The maximum Gasteiger partial charge on any atom is 0.407 e. The number of nitrogens with zero attached hydrogens (tertiary/aromatic N) is 1. The van der Waals surface area contributed by atoms with E-state index in [0.717, 1.165) is 18.4 Å². The first-order valence-electron chi connectivity index (χ1n) is 14.3. The number of oxazole rings is 1. The number of aliphatic hydroxyl groups excluding tert-OH is 1. The van der Waals surface area contributed by atoms with Crippen LogP contribution in [0.15, 0.2) is 59.6 Å². The first-order chi connectivity index (χ1) is 20.2. The van der Waals surface area contributed by atoms with Crippen molar-refractivity contribution in [2.45, 2.75) is 69.8 Å². The molecular weight excluding hydrogens is 542 g/mol. The highest BCUT2D eigenvalue weighted by Crippen LogP contribution is 2.46. The molecule has 12 heteroatoms. The molecule has 3 aliphatic rings. The molecule has 1 aromatic carbocycles. The Labute approximate surface area is 244 Å². The summed E-state index contributed by atoms with van der Waals surface area (Å²) < 4.78 is 23.2. The monoisotopic (exact) mass is 581 g/mol. The van der Waals surface area contributed by atoms with Crippen molar-refractivity contribution < 1.29 is 33.3 Å². The minimum absolute atomic E-state index is 0.0583. The summed E-state index contributed by atoms with van der Waals surface area (Å²) in [5, 5.41) is 16.9. The van der Waals surface area contributed by atoms with Gasteiger partial charge in [-0.05, 0) is 56.9 Å². The van der Waals surface area contributed by atoms with Crippen LogP contribution >= 0.6 is 0 Å². The maximum absolute atomic E-state index is 13.0. The molecular formula is C30H39N5O7. The smallest absolute Gasteiger partial charge is 0.407 e. The van der Waals surface area contributed by atoms with E-state index < -0.39 is 30.3 Å². The zero-order chi connectivity index (χ0) is 29.8. The number of nitrogens with one attached hydrogen (secondary N) is 4. The summed E-state index contributed by atoms with van der Waals surface area (Å²) in [5.41, 5.74) is 7.55. The maximum atomic E-state index is 13.0. The number of hydrogen-bond acceptors (Lipinski definition) is 10. The second-order valence-electron chi connectivity index (χ2n) is 11.3. The Balaban J connectivity index is 1.17. The topological polar surface area (TPSA) is 156 Å². The molecule has 226 valence electrons. The average molecular weight is 582 g/mol. The highest BCUT2D eigenvalue weighted by Gasteiger charge is 2.53. The zero-order valence-electron chi connectivity index (χ0n) is 23.9. The number of carbonyl (C=O) groups excluding carboxylic acids is 2. The van der Waals surface area contributed by atoms with Gasteiger partial charge in [0, 0.05) is 30.0 Å². The number of ether oxygens (including phenoxy) is 3. The van der Waals surface area contributed by atoms with Gasteiger partial charge >= 0.3 is 6.09 Å². The summed E-state index contributed by atoms with van der Waals surface area (Å²) in [7, 11) is 0. The average Bonchev–Trinajstić information content (AvgIpc) is 3.49. The van der Waals surface area contributed by atoms with Crippen molar-refractivity contribution in [2.75, 3.05) is 18.5 Å². The predicted octanol–water partition coefficient (Wildman–Crippen LogP) is 3.18. The van der Waals surface area contributed by atoms with E-state index in [2.05, 4.69) is 39.6 Å². The molecule has 2 amide bonds. The van der Waals surface area contributed by atoms with Crippen molar-refractivity contribution in [1.29, 1.82) is 0 Å². The van der Waals surface area contributed by atoms with Crippen LogP contribution < -0.4 is 21.5 Å². The SMILES string of the molecule is C=C/C=C(\C=C)C[C@H](NC(=O)OC1C2COC3OC1CC3C2)[C@@H](O)CNNC(=O)c1ccc2nc(NC(C)C)oc2c1. The zero-order valence-corrected chi connectivity index (χ0v) is 23.9. The molecule has 5 unspecified atom stereocenters. The van der Waals surface area contributed by atoms with Crippen LogP contribution in [0.25, 0.3) is 11.1 Å². The van der Waals surface area contributed by atoms with Gasteiger partial charge in [-0.25, -0.2) is 10.2 Å². The van der Waals surface area contributed by atoms with Gasteiger partial charge in [0.05, 0.1) is 24.9 Å². The van der Waals surface area contributed by atoms with Crippen LogP contribution in [0, 0.1) is 11.8 Å². The normalized spacial score (nSPS) is 26.1. The molecule has 1 aliphatic carbocycles. The Morgan fingerprint density at radius 3 is 2.83 bits per heavy atom. The lowest BCUT2D eigenvalue weighted by molar-refractivity contribution is -0.153. The Morgan fingerprint density at radius 2 is 2.07 bits per heavy atom. The van der Waals surface area contributed by atoms with Crippen LogP contribution in [0.2, 0.25) is 0 Å². The summed E-state index contributed by atoms with van der Waals surface area (Å²) >= 11 is 0. The number of allylic oxidation sites excluding steroid dienone is 3. The third-order valence-corrected chi connectivity index (χ3v) is 7.78. The number of anilines is 1. The van der Waals surface area contributed by atoms with E-state index in [1.54, 1.807) is 36.4 Å². The molecule has 0 spiro atoms. The number of carbonyl (C=O) groups is 2. The van der Waals surface area contributed by atoms with Gasteiger partial charge in [-0.2, -0.15) is 4.98 Å². The van der Waals surface area contributed by atoms with E-state index >= 15 is 0 Å². The minimum atomic E-state index is -1.09. The lowest BCUT2D eigenvalue weighted by Gasteiger charge is -2.37. The largest absolute Gasteiger partial charge is 0.443 e. The van der Waals surface area contributed by atoms with Crippen LogP contribution in [-0.4, -0.2) is 71.9 Å². The van der Waals surface area contributed by atoms with Gasteiger partial charge in [0.2, 0.25) is 0 Å². The fourth-order valence-corrected chi connectivity index (χ4v) is 5.76. The number of amides is 2. The number of hydrazine groups is 1. The fraction of sp³-hybridized carbons (Fsp3) is 0.500. The second-order valence-corrected chi connectivity index (χ2v) is 11.3. The van der Waals surface area contributed by atoms with Gasteiger partial charge in [-0.3, -0.25) is 10.2 Å². The molecule has 5 N–H and O–H groups in total. The van der Waals surface area contributed by atoms with E-state index in [1.165, 1.54) is 0 Å². The highest BCUT2D eigenvalue weighted by atomic mass is 16.7. The van der Waals surface area contributed by atoms with Crippen molar-refractivity contribution in [1.82, 2.24) is 21.2 Å². The van der Waals surface area contributed by atoms with Gasteiger partial charge in [-0.15, -0.1) is 0 Å². The van der Waals surface area contributed by atoms with Crippen molar-refractivity contribution in [3.05, 3.63) is 60.7 Å². The standard InChI is InChI=1S/C30H39N5O7/c1-5-7-17(6-2)10-22(34-30(38)42-26-20-11-19-13-25(26)40-28(19)39-15-20)23(36)14-31-35-27(37)18-8-9-21-24(12-18)41-29(33-21)32-16(3)4/h5-9,12,16,19-20,22-23,25-26,28,31,36H,1-2,10-11,13-15H2,3-4H3,(H,32,33)(H,34,38)(H,35,37)/b17-7+/t19?,20?,22-,23-,25?,26?,28?/m0/s1. The predicted molar refractivity (Wildman–Crippen MR) is 155 cm³/mol. The molecule has 2 aliphatic heterocycles. The van der Waals surface area contributed by atoms with E-state index in [1.807, 2.05) is 13.8 Å². The summed E-state index contributed by atoms with van der Waals surface area (Å²) in [6.45, 7) is 11.9. The van der Waals surface area contributed by atoms with Gasteiger partial charge in [0.25, 0.3) is 11.9 Å². The van der Waals surface area contributed by atoms with E-state index in [9.17, 15) is 14.7 Å². The highest BCUT2D eigenvalue weighted by molar-refractivity contribution is 5.96. The van der Waals surface area contributed by atoms with Crippen LogP contribution in [-0.2, 0) is 14.2 Å². The third kappa shape index (κ3) is 6.84. The Bertz CT molecular complexity index is 1330. The molecule has 3 bridgehead atoms. The molecule has 2 aromatic rings. The van der Waals surface area contributed by atoms with Gasteiger partial charge < -0.3 is 34.4 Å². The van der Waals surface area contributed by atoms with Crippen LogP contribution in [0.1, 0.15) is 43.5 Å². The summed E-state index contributed by atoms with van der Waals surface area (Å²) in [6.07, 6.45) is 4.40. The first kappa shape index (κ1) is 29.8. The quantitative estimate of drug-likeness (QED) is 0.176. The van der Waals surface area contributed by atoms with Gasteiger partial charge in [0.15, 0.2) is 11.9 Å². The first-order valence-corrected chi connectivity index (χ1v) is 14.3. The molecule has 1 aromatic heterocycles. The van der Waals surface area contributed by atoms with Crippen molar-refractivity contribution >= 4 is 29.1 Å². The van der Waals surface area contributed by atoms with Crippen molar-refractivity contribution in [3.63, 3.8) is 0 Å².